The lowest BCUT2D eigenvalue weighted by atomic mass is 10.2. The van der Waals surface area contributed by atoms with Crippen LogP contribution in [0.3, 0.4) is 0 Å². The van der Waals surface area contributed by atoms with E-state index < -0.39 is 17.8 Å². The average Bonchev–Trinajstić information content (AvgIpc) is 2.27. The van der Waals surface area contributed by atoms with Crippen LogP contribution in [0.1, 0.15) is 51.4 Å². The molecule has 0 fully saturated rings. The fourth-order valence-corrected chi connectivity index (χ4v) is 2.00. The molecule has 18 heavy (non-hydrogen) atoms. The number of halogens is 2. The van der Waals surface area contributed by atoms with E-state index in [0.717, 1.165) is 6.20 Å². The van der Waals surface area contributed by atoms with Crippen LogP contribution in [0.25, 0.3) is 0 Å². The zero-order valence-corrected chi connectivity index (χ0v) is 11.7. The molecule has 2 atom stereocenters. The standard InChI is InChI=1S/C12H18F2N2OS/c1-8(16-18(17)12(2,3)4)10-6-5-9(7-15-10)11(13)14/h5-8,11,16H,1-4H3. The second-order valence-electron chi connectivity index (χ2n) is 5.04. The zero-order chi connectivity index (χ0) is 13.9. The van der Waals surface area contributed by atoms with Gasteiger partial charge in [-0.05, 0) is 39.8 Å². The maximum atomic E-state index is 12.4. The first kappa shape index (κ1) is 15.3. The Morgan fingerprint density at radius 3 is 2.33 bits per heavy atom. The number of nitrogens with zero attached hydrogens (tertiary/aromatic N) is 1. The average molecular weight is 276 g/mol. The first-order valence-electron chi connectivity index (χ1n) is 5.64. The topological polar surface area (TPSA) is 48.0 Å². The largest absolute Gasteiger partial charge is 0.598 e. The van der Waals surface area contributed by atoms with Gasteiger partial charge in [-0.1, -0.05) is 0 Å². The summed E-state index contributed by atoms with van der Waals surface area (Å²) in [7, 11) is 0. The van der Waals surface area contributed by atoms with Crippen molar-refractivity contribution in [3.05, 3.63) is 29.6 Å². The maximum absolute atomic E-state index is 12.4. The predicted molar refractivity (Wildman–Crippen MR) is 68.6 cm³/mol. The Morgan fingerprint density at radius 2 is 1.94 bits per heavy atom. The number of nitrogens with one attached hydrogen (secondary N) is 1. The first-order valence-corrected chi connectivity index (χ1v) is 6.79. The number of rotatable bonds is 4. The smallest absolute Gasteiger partial charge is 0.265 e. The van der Waals surface area contributed by atoms with E-state index in [2.05, 4.69) is 9.71 Å². The lowest BCUT2D eigenvalue weighted by molar-refractivity contribution is 0.151. The van der Waals surface area contributed by atoms with Crippen LogP contribution in [-0.4, -0.2) is 14.3 Å². The Morgan fingerprint density at radius 1 is 1.33 bits per heavy atom. The highest BCUT2D eigenvalue weighted by atomic mass is 32.2. The van der Waals surface area contributed by atoms with Crippen LogP contribution in [-0.2, 0) is 11.4 Å². The summed E-state index contributed by atoms with van der Waals surface area (Å²) in [4.78, 5) is 3.96. The van der Waals surface area contributed by atoms with Crippen LogP contribution < -0.4 is 4.72 Å². The van der Waals surface area contributed by atoms with Crippen molar-refractivity contribution in [1.82, 2.24) is 9.71 Å². The third kappa shape index (κ3) is 4.19. The minimum atomic E-state index is -2.52. The molecule has 2 unspecified atom stereocenters. The molecule has 102 valence electrons. The van der Waals surface area contributed by atoms with Crippen LogP contribution in [0.15, 0.2) is 18.3 Å². The van der Waals surface area contributed by atoms with Crippen molar-refractivity contribution in [2.75, 3.05) is 0 Å². The summed E-state index contributed by atoms with van der Waals surface area (Å²) in [5, 5.41) is 0. The Labute approximate surface area is 109 Å². The van der Waals surface area contributed by atoms with Gasteiger partial charge in [0.15, 0.2) is 0 Å². The van der Waals surface area contributed by atoms with Crippen molar-refractivity contribution in [3.8, 4) is 0 Å². The van der Waals surface area contributed by atoms with Crippen molar-refractivity contribution >= 4 is 11.4 Å². The highest BCUT2D eigenvalue weighted by molar-refractivity contribution is 7.90. The highest BCUT2D eigenvalue weighted by Crippen LogP contribution is 2.21. The van der Waals surface area contributed by atoms with Gasteiger partial charge in [0.05, 0.1) is 11.7 Å². The van der Waals surface area contributed by atoms with E-state index >= 15 is 0 Å². The molecule has 1 aromatic heterocycles. The molecule has 0 aliphatic carbocycles. The van der Waals surface area contributed by atoms with E-state index in [1.54, 1.807) is 6.92 Å². The van der Waals surface area contributed by atoms with Gasteiger partial charge in [-0.15, -0.1) is 4.72 Å². The molecule has 1 N–H and O–H groups in total. The Hall–Kier alpha value is -0.720. The third-order valence-corrected chi connectivity index (χ3v) is 4.02. The van der Waals surface area contributed by atoms with Crippen LogP contribution in [0, 0.1) is 0 Å². The molecule has 0 amide bonds. The summed E-state index contributed by atoms with van der Waals surface area (Å²) in [6.07, 6.45) is -1.36. The Kier molecular flexibility index (Phi) is 5.07. The summed E-state index contributed by atoms with van der Waals surface area (Å²) in [6, 6.07) is 2.61. The molecular weight excluding hydrogens is 258 g/mol. The normalized spacial score (nSPS) is 15.8. The van der Waals surface area contributed by atoms with E-state index in [9.17, 15) is 13.3 Å². The molecule has 1 heterocycles. The van der Waals surface area contributed by atoms with E-state index in [4.69, 9.17) is 0 Å². The molecule has 6 heteroatoms. The molecule has 0 radical (unpaired) electrons. The summed E-state index contributed by atoms with van der Waals surface area (Å²) in [5.74, 6) is 0. The molecule has 0 aliphatic rings. The van der Waals surface area contributed by atoms with Gasteiger partial charge in [-0.3, -0.25) is 4.98 Å². The van der Waals surface area contributed by atoms with Gasteiger partial charge >= 0.3 is 0 Å². The summed E-state index contributed by atoms with van der Waals surface area (Å²) in [5.41, 5.74) is 0.486. The zero-order valence-electron chi connectivity index (χ0n) is 10.9. The quantitative estimate of drug-likeness (QED) is 0.859. The van der Waals surface area contributed by atoms with E-state index in [1.165, 1.54) is 12.1 Å². The Bertz CT molecular complexity index is 379. The highest BCUT2D eigenvalue weighted by Gasteiger charge is 2.28. The van der Waals surface area contributed by atoms with E-state index in [-0.39, 0.29) is 16.4 Å². The van der Waals surface area contributed by atoms with Gasteiger partial charge < -0.3 is 4.55 Å². The molecule has 0 aliphatic heterocycles. The second-order valence-corrected chi connectivity index (χ2v) is 7.04. The summed E-state index contributed by atoms with van der Waals surface area (Å²) in [6.45, 7) is 7.37. The minimum absolute atomic E-state index is 0.108. The van der Waals surface area contributed by atoms with Gasteiger partial charge in [0.25, 0.3) is 6.43 Å². The van der Waals surface area contributed by atoms with Crippen LogP contribution >= 0.6 is 0 Å². The van der Waals surface area contributed by atoms with Crippen molar-refractivity contribution in [1.29, 1.82) is 0 Å². The maximum Gasteiger partial charge on any atom is 0.265 e. The van der Waals surface area contributed by atoms with Gasteiger partial charge in [0, 0.05) is 23.1 Å². The molecule has 0 aromatic carbocycles. The van der Waals surface area contributed by atoms with Gasteiger partial charge in [-0.25, -0.2) is 8.78 Å². The molecule has 3 nitrogen and oxygen atoms in total. The molecule has 1 rings (SSSR count). The Balaban J connectivity index is 2.70. The van der Waals surface area contributed by atoms with E-state index in [0.29, 0.717) is 5.69 Å². The first-order chi connectivity index (χ1) is 8.21. The summed E-state index contributed by atoms with van der Waals surface area (Å²) >= 11 is -1.22. The second kappa shape index (κ2) is 5.95. The van der Waals surface area contributed by atoms with Crippen molar-refractivity contribution in [3.63, 3.8) is 0 Å². The molecule has 0 bridgehead atoms. The number of pyridine rings is 1. The van der Waals surface area contributed by atoms with Crippen molar-refractivity contribution in [2.24, 2.45) is 0 Å². The molecule has 0 saturated carbocycles. The monoisotopic (exact) mass is 276 g/mol. The summed E-state index contributed by atoms with van der Waals surface area (Å²) < 4.78 is 39.1. The van der Waals surface area contributed by atoms with Crippen LogP contribution in [0.5, 0.6) is 0 Å². The van der Waals surface area contributed by atoms with Gasteiger partial charge in [0.1, 0.15) is 4.75 Å². The molecular formula is C12H18F2N2OS. The fourth-order valence-electron chi connectivity index (χ4n) is 1.20. The van der Waals surface area contributed by atoms with Crippen LogP contribution in [0.4, 0.5) is 8.78 Å². The number of aromatic nitrogens is 1. The van der Waals surface area contributed by atoms with Gasteiger partial charge in [0.2, 0.25) is 0 Å². The number of alkyl halides is 2. The van der Waals surface area contributed by atoms with Crippen LogP contribution in [0.2, 0.25) is 0 Å². The third-order valence-electron chi connectivity index (χ3n) is 2.34. The van der Waals surface area contributed by atoms with Crippen molar-refractivity contribution < 1.29 is 13.3 Å². The minimum Gasteiger partial charge on any atom is -0.598 e. The fraction of sp³-hybridized carbons (Fsp3) is 0.583. The lowest BCUT2D eigenvalue weighted by Crippen LogP contribution is -2.40. The molecule has 1 aromatic rings. The SMILES string of the molecule is CC(N[S+]([O-])C(C)(C)C)c1ccc(C(F)F)cn1. The molecule has 0 saturated heterocycles. The van der Waals surface area contributed by atoms with E-state index in [1.807, 2.05) is 20.8 Å². The number of hydrogen-bond acceptors (Lipinski definition) is 3. The predicted octanol–water partition coefficient (Wildman–Crippen LogP) is 3.13. The van der Waals surface area contributed by atoms with Crippen molar-refractivity contribution in [2.45, 2.75) is 44.9 Å². The lowest BCUT2D eigenvalue weighted by Gasteiger charge is -2.26. The number of hydrogen-bond donors (Lipinski definition) is 1. The van der Waals surface area contributed by atoms with Gasteiger partial charge in [-0.2, -0.15) is 0 Å². The molecule has 0 spiro atoms.